The van der Waals surface area contributed by atoms with Crippen molar-refractivity contribution in [2.45, 2.75) is 24.9 Å². The first-order chi connectivity index (χ1) is 16.3. The second kappa shape index (κ2) is 9.96. The van der Waals surface area contributed by atoms with Gasteiger partial charge in [-0.3, -0.25) is 9.52 Å². The zero-order valence-corrected chi connectivity index (χ0v) is 20.0. The summed E-state index contributed by atoms with van der Waals surface area (Å²) in [4.78, 5) is 15.1. The van der Waals surface area contributed by atoms with Crippen LogP contribution in [0.25, 0.3) is 0 Å². The molecule has 0 saturated carbocycles. The van der Waals surface area contributed by atoms with Crippen molar-refractivity contribution in [1.82, 2.24) is 4.98 Å². The highest BCUT2D eigenvalue weighted by molar-refractivity contribution is 7.92. The number of aryl methyl sites for hydroxylation is 2. The third-order valence-corrected chi connectivity index (χ3v) is 6.33. The van der Waals surface area contributed by atoms with E-state index in [9.17, 15) is 26.4 Å². The Morgan fingerprint density at radius 1 is 1.14 bits per heavy atom. The molecule has 2 aromatic carbocycles. The molecule has 35 heavy (non-hydrogen) atoms. The normalized spacial score (nSPS) is 11.6. The van der Waals surface area contributed by atoms with Gasteiger partial charge in [0.15, 0.2) is 0 Å². The number of hydrogen-bond donors (Lipinski definition) is 2. The molecule has 0 aliphatic rings. The molecule has 0 aliphatic carbocycles. The van der Waals surface area contributed by atoms with E-state index in [1.165, 1.54) is 18.3 Å². The summed E-state index contributed by atoms with van der Waals surface area (Å²) < 4.78 is 73.5. The monoisotopic (exact) mass is 525 g/mol. The van der Waals surface area contributed by atoms with Crippen molar-refractivity contribution in [3.8, 4) is 11.6 Å². The van der Waals surface area contributed by atoms with Crippen molar-refractivity contribution < 1.29 is 31.1 Å². The minimum atomic E-state index is -4.84. The van der Waals surface area contributed by atoms with Crippen molar-refractivity contribution in [3.05, 3.63) is 83.0 Å². The van der Waals surface area contributed by atoms with Crippen LogP contribution >= 0.6 is 11.6 Å². The molecular weight excluding hydrogens is 507 g/mol. The summed E-state index contributed by atoms with van der Waals surface area (Å²) in [6.07, 6.45) is -2.32. The lowest BCUT2D eigenvalue weighted by molar-refractivity contribution is -0.137. The van der Waals surface area contributed by atoms with Crippen LogP contribution in [-0.4, -0.2) is 19.3 Å². The maximum atomic E-state index is 13.2. The molecule has 0 aliphatic heterocycles. The number of ether oxygens (including phenoxy) is 1. The maximum absolute atomic E-state index is 13.2. The summed E-state index contributed by atoms with van der Waals surface area (Å²) in [6, 6.07) is 8.48. The Labute approximate surface area is 204 Å². The molecule has 0 spiro atoms. The topological polar surface area (TPSA) is 97.4 Å². The van der Waals surface area contributed by atoms with Crippen LogP contribution in [0.4, 0.5) is 24.5 Å². The smallest absolute Gasteiger partial charge is 0.417 e. The van der Waals surface area contributed by atoms with Gasteiger partial charge in [-0.1, -0.05) is 24.2 Å². The molecule has 1 amide bonds. The van der Waals surface area contributed by atoms with E-state index in [-0.39, 0.29) is 17.3 Å². The third kappa shape index (κ3) is 6.31. The molecular formula is C23H19ClF3N3O4S. The van der Waals surface area contributed by atoms with E-state index < -0.39 is 37.6 Å². The molecule has 0 radical (unpaired) electrons. The molecule has 1 heterocycles. The molecule has 2 N–H and O–H groups in total. The fourth-order valence-electron chi connectivity index (χ4n) is 2.89. The molecule has 184 valence electrons. The third-order valence-electron chi connectivity index (χ3n) is 4.63. The lowest BCUT2D eigenvalue weighted by atomic mass is 10.2. The largest absolute Gasteiger partial charge is 0.437 e. The predicted octanol–water partition coefficient (Wildman–Crippen LogP) is 6.09. The number of carbonyl (C=O) groups excluding carboxylic acids is 1. The Morgan fingerprint density at radius 3 is 2.51 bits per heavy atom. The summed E-state index contributed by atoms with van der Waals surface area (Å²) in [6.45, 7) is 6.75. The summed E-state index contributed by atoms with van der Waals surface area (Å²) in [5, 5.41) is 1.95. The highest BCUT2D eigenvalue weighted by atomic mass is 35.5. The quantitative estimate of drug-likeness (QED) is 0.364. The fraction of sp³-hybridized carbons (Fsp3) is 0.130. The number of nitrogens with one attached hydrogen (secondary N) is 2. The number of benzene rings is 2. The van der Waals surface area contributed by atoms with E-state index >= 15 is 0 Å². The number of hydrogen-bond acceptors (Lipinski definition) is 5. The number of carbonyl (C=O) groups is 1. The van der Waals surface area contributed by atoms with Gasteiger partial charge >= 0.3 is 6.18 Å². The number of sulfonamides is 1. The highest BCUT2D eigenvalue weighted by Crippen LogP contribution is 2.37. The van der Waals surface area contributed by atoms with Gasteiger partial charge < -0.3 is 10.1 Å². The molecule has 0 fully saturated rings. The molecule has 12 heteroatoms. The lowest BCUT2D eigenvalue weighted by Gasteiger charge is -2.16. The average Bonchev–Trinajstić information content (AvgIpc) is 2.76. The van der Waals surface area contributed by atoms with Crippen molar-refractivity contribution >= 4 is 38.9 Å². The van der Waals surface area contributed by atoms with Gasteiger partial charge in [-0.05, 0) is 61.4 Å². The molecule has 0 unspecified atom stereocenters. The van der Waals surface area contributed by atoms with Crippen LogP contribution in [0.2, 0.25) is 5.02 Å². The summed E-state index contributed by atoms with van der Waals surface area (Å²) in [5.41, 5.74) is 0.213. The Balaban J connectivity index is 1.98. The van der Waals surface area contributed by atoms with Crippen molar-refractivity contribution in [2.24, 2.45) is 0 Å². The number of halogens is 4. The number of anilines is 2. The number of aromatic nitrogens is 1. The molecule has 0 bridgehead atoms. The van der Waals surface area contributed by atoms with Crippen molar-refractivity contribution in [2.75, 3.05) is 10.0 Å². The van der Waals surface area contributed by atoms with Gasteiger partial charge in [-0.15, -0.1) is 0 Å². The van der Waals surface area contributed by atoms with Gasteiger partial charge in [-0.25, -0.2) is 13.4 Å². The molecule has 0 saturated heterocycles. The Bertz CT molecular complexity index is 1410. The Kier molecular flexibility index (Phi) is 7.41. The van der Waals surface area contributed by atoms with Gasteiger partial charge in [0.1, 0.15) is 11.4 Å². The first kappa shape index (κ1) is 26.0. The van der Waals surface area contributed by atoms with Crippen LogP contribution in [0.3, 0.4) is 0 Å². The second-order valence-electron chi connectivity index (χ2n) is 7.39. The van der Waals surface area contributed by atoms with Crippen LogP contribution in [0.5, 0.6) is 11.6 Å². The Morgan fingerprint density at radius 2 is 1.86 bits per heavy atom. The van der Waals surface area contributed by atoms with Crippen molar-refractivity contribution in [1.29, 1.82) is 0 Å². The highest BCUT2D eigenvalue weighted by Gasteiger charge is 2.34. The summed E-state index contributed by atoms with van der Waals surface area (Å²) in [7, 11) is -4.48. The lowest BCUT2D eigenvalue weighted by Crippen LogP contribution is -2.16. The van der Waals surface area contributed by atoms with Gasteiger partial charge in [0.25, 0.3) is 10.0 Å². The second-order valence-corrected chi connectivity index (χ2v) is 9.48. The van der Waals surface area contributed by atoms with E-state index in [0.29, 0.717) is 22.9 Å². The number of amides is 1. The van der Waals surface area contributed by atoms with E-state index in [0.717, 1.165) is 18.2 Å². The standard InChI is InChI=1S/C23H19ClF3N3O4S/c1-4-21(31)29-15-6-5-14(3)20(10-15)34-22-19(9-13(2)12-28-22)30-35(32,33)16-7-8-18(24)17(11-16)23(25,26)27/h4-12,30H,1H2,2-3H3,(H,29,31). The van der Waals surface area contributed by atoms with Crippen LogP contribution in [0, 0.1) is 13.8 Å². The SMILES string of the molecule is C=CC(=O)Nc1ccc(C)c(Oc2ncc(C)cc2NS(=O)(=O)c2ccc(Cl)c(C(F)(F)F)c2)c1. The van der Waals surface area contributed by atoms with Gasteiger partial charge in [0.2, 0.25) is 11.8 Å². The van der Waals surface area contributed by atoms with E-state index in [1.807, 2.05) is 0 Å². The number of alkyl halides is 3. The first-order valence-corrected chi connectivity index (χ1v) is 11.7. The minimum absolute atomic E-state index is 0.103. The molecule has 3 rings (SSSR count). The predicted molar refractivity (Wildman–Crippen MR) is 126 cm³/mol. The average molecular weight is 526 g/mol. The van der Waals surface area contributed by atoms with Crippen LogP contribution in [0.15, 0.2) is 66.2 Å². The number of pyridine rings is 1. The fourth-order valence-corrected chi connectivity index (χ4v) is 4.19. The molecule has 7 nitrogen and oxygen atoms in total. The van der Waals surface area contributed by atoms with Crippen LogP contribution in [-0.2, 0) is 21.0 Å². The minimum Gasteiger partial charge on any atom is -0.437 e. The number of rotatable bonds is 7. The Hall–Kier alpha value is -3.57. The number of nitrogens with zero attached hydrogens (tertiary/aromatic N) is 1. The van der Waals surface area contributed by atoms with E-state index in [2.05, 4.69) is 21.6 Å². The maximum Gasteiger partial charge on any atom is 0.417 e. The van der Waals surface area contributed by atoms with Gasteiger partial charge in [0.05, 0.1) is 15.5 Å². The van der Waals surface area contributed by atoms with Crippen LogP contribution < -0.4 is 14.8 Å². The zero-order chi connectivity index (χ0) is 26.0. The van der Waals surface area contributed by atoms with Gasteiger partial charge in [-0.2, -0.15) is 13.2 Å². The first-order valence-electron chi connectivity index (χ1n) is 9.88. The van der Waals surface area contributed by atoms with Crippen LogP contribution in [0.1, 0.15) is 16.7 Å². The molecule has 3 aromatic rings. The summed E-state index contributed by atoms with van der Waals surface area (Å²) >= 11 is 5.60. The van der Waals surface area contributed by atoms with Crippen molar-refractivity contribution in [3.63, 3.8) is 0 Å². The summed E-state index contributed by atoms with van der Waals surface area (Å²) in [5.74, 6) is -0.336. The van der Waals surface area contributed by atoms with E-state index in [4.69, 9.17) is 16.3 Å². The van der Waals surface area contributed by atoms with Gasteiger partial charge in [0, 0.05) is 18.0 Å². The van der Waals surface area contributed by atoms with E-state index in [1.54, 1.807) is 26.0 Å². The zero-order valence-electron chi connectivity index (χ0n) is 18.4. The molecule has 1 aromatic heterocycles. The molecule has 0 atom stereocenters.